The molecular formula is C30H60O3Sn. The van der Waals surface area contributed by atoms with Crippen LogP contribution in [0.1, 0.15) is 150 Å². The van der Waals surface area contributed by atoms with Gasteiger partial charge in [0.05, 0.1) is 6.10 Å². The van der Waals surface area contributed by atoms with Gasteiger partial charge in [-0.3, -0.25) is 0 Å². The summed E-state index contributed by atoms with van der Waals surface area (Å²) >= 11 is -2.78. The number of hydrogen-bond donors (Lipinski definition) is 1. The van der Waals surface area contributed by atoms with Crippen LogP contribution in [0.25, 0.3) is 0 Å². The van der Waals surface area contributed by atoms with Gasteiger partial charge >= 0.3 is 169 Å². The minimum absolute atomic E-state index is 0.121. The molecule has 0 saturated carbocycles. The Kier molecular flexibility index (Phi) is 24.6. The zero-order valence-electron chi connectivity index (χ0n) is 23.6. The third-order valence-corrected chi connectivity index (χ3v) is 19.7. The fourth-order valence-corrected chi connectivity index (χ4v) is 17.9. The molecule has 0 aromatic carbocycles. The summed E-state index contributed by atoms with van der Waals surface area (Å²) in [6.45, 7) is 8.99. The Morgan fingerprint density at radius 2 is 1.24 bits per heavy atom. The van der Waals surface area contributed by atoms with Gasteiger partial charge in [0.1, 0.15) is 0 Å². The maximum absolute atomic E-state index is 12.7. The third-order valence-electron chi connectivity index (χ3n) is 7.01. The summed E-state index contributed by atoms with van der Waals surface area (Å²) in [4.78, 5) is 12.7. The molecule has 1 atom stereocenters. The van der Waals surface area contributed by atoms with Gasteiger partial charge in [-0.15, -0.1) is 0 Å². The Morgan fingerprint density at radius 1 is 0.706 bits per heavy atom. The molecule has 3 nitrogen and oxygen atoms in total. The molecule has 0 aliphatic carbocycles. The molecule has 0 aromatic heterocycles. The van der Waals surface area contributed by atoms with E-state index >= 15 is 0 Å². The molecule has 0 heterocycles. The zero-order chi connectivity index (χ0) is 25.3. The second kappa shape index (κ2) is 24.7. The van der Waals surface area contributed by atoms with Crippen LogP contribution >= 0.6 is 0 Å². The van der Waals surface area contributed by atoms with Gasteiger partial charge in [0.25, 0.3) is 0 Å². The van der Waals surface area contributed by atoms with Crippen LogP contribution in [-0.4, -0.2) is 36.0 Å². The molecule has 0 saturated heterocycles. The van der Waals surface area contributed by atoms with E-state index in [-0.39, 0.29) is 12.1 Å². The van der Waals surface area contributed by atoms with Gasteiger partial charge < -0.3 is 5.11 Å². The summed E-state index contributed by atoms with van der Waals surface area (Å²) in [5, 5.41) is 10.0. The molecule has 202 valence electrons. The Morgan fingerprint density at radius 3 is 1.82 bits per heavy atom. The fraction of sp³-hybridized carbons (Fsp3) is 0.900. The Hall–Kier alpha value is -0.0313. The standard InChI is InChI=1S/C18H34O3.3C4H9.Sn/c1-2-3-4-11-14-17(19)15-12-9-7-5-6-8-10-13-16-18(20)21;3*1-3-4-2;/h9,12,17,19H,2-8,10-11,13-16H2,1H3,(H,20,21);3*1,3-4H2,2H3;/q;;;;+1/p-1/b12-9-;;;;/t17-;;;;/m1..../s1. The van der Waals surface area contributed by atoms with E-state index in [1.165, 1.54) is 90.4 Å². The monoisotopic (exact) mass is 588 g/mol. The summed E-state index contributed by atoms with van der Waals surface area (Å²) < 4.78 is 10.1. The van der Waals surface area contributed by atoms with Crippen molar-refractivity contribution in [3.63, 3.8) is 0 Å². The molecular weight excluding hydrogens is 527 g/mol. The van der Waals surface area contributed by atoms with Crippen molar-refractivity contribution in [2.45, 2.75) is 169 Å². The number of carbonyl (C=O) groups excluding carboxylic acids is 1. The van der Waals surface area contributed by atoms with E-state index in [2.05, 4.69) is 39.8 Å². The third kappa shape index (κ3) is 20.2. The van der Waals surface area contributed by atoms with Crippen LogP contribution in [0, 0.1) is 0 Å². The van der Waals surface area contributed by atoms with E-state index in [4.69, 9.17) is 3.07 Å². The van der Waals surface area contributed by atoms with E-state index in [9.17, 15) is 9.90 Å². The van der Waals surface area contributed by atoms with Crippen LogP contribution in [0.2, 0.25) is 13.3 Å². The summed E-state index contributed by atoms with van der Waals surface area (Å²) in [6.07, 6.45) is 25.7. The van der Waals surface area contributed by atoms with Crippen molar-refractivity contribution in [3.8, 4) is 0 Å². The van der Waals surface area contributed by atoms with Crippen molar-refractivity contribution in [1.82, 2.24) is 0 Å². The van der Waals surface area contributed by atoms with Crippen LogP contribution in [0.3, 0.4) is 0 Å². The van der Waals surface area contributed by atoms with E-state index < -0.39 is 18.8 Å². The molecule has 34 heavy (non-hydrogen) atoms. The topological polar surface area (TPSA) is 46.5 Å². The van der Waals surface area contributed by atoms with Crippen LogP contribution in [-0.2, 0) is 7.87 Å². The van der Waals surface area contributed by atoms with Gasteiger partial charge in [0, 0.05) is 0 Å². The summed E-state index contributed by atoms with van der Waals surface area (Å²) in [5.74, 6) is 0.121. The van der Waals surface area contributed by atoms with Crippen LogP contribution in [0.4, 0.5) is 0 Å². The average molecular weight is 588 g/mol. The van der Waals surface area contributed by atoms with Crippen molar-refractivity contribution in [2.75, 3.05) is 0 Å². The molecule has 0 spiro atoms. The van der Waals surface area contributed by atoms with Crippen molar-refractivity contribution >= 4 is 24.8 Å². The normalized spacial score (nSPS) is 13.0. The van der Waals surface area contributed by atoms with Gasteiger partial charge in [0.15, 0.2) is 0 Å². The van der Waals surface area contributed by atoms with Crippen molar-refractivity contribution in [1.29, 1.82) is 0 Å². The van der Waals surface area contributed by atoms with E-state index in [0.717, 1.165) is 38.5 Å². The quantitative estimate of drug-likeness (QED) is 0.0657. The first-order chi connectivity index (χ1) is 16.5. The molecule has 0 rings (SSSR count). The second-order valence-corrected chi connectivity index (χ2v) is 22.1. The summed E-state index contributed by atoms with van der Waals surface area (Å²) in [6, 6.07) is 0. The maximum atomic E-state index is 12.7. The number of unbranched alkanes of at least 4 members (excludes halogenated alkanes) is 11. The van der Waals surface area contributed by atoms with Crippen molar-refractivity contribution < 1.29 is 13.0 Å². The first-order valence-electron chi connectivity index (χ1n) is 15.1. The molecule has 0 aliphatic heterocycles. The number of aliphatic hydroxyl groups excluding tert-OH is 1. The molecule has 0 aromatic rings. The molecule has 4 heteroatoms. The SMILES string of the molecule is CCCCCC[C@@H](O)C/C=C\CCCCCCCC(=O)[O][Sn]([CH2]CCC)([CH2]CCC)[CH2]CCC. The number of hydrogen-bond acceptors (Lipinski definition) is 3. The van der Waals surface area contributed by atoms with E-state index in [0.29, 0.717) is 6.42 Å². The van der Waals surface area contributed by atoms with Gasteiger partial charge in [0.2, 0.25) is 0 Å². The molecule has 0 radical (unpaired) electrons. The average Bonchev–Trinajstić information content (AvgIpc) is 2.83. The Labute approximate surface area is 218 Å². The number of carbonyl (C=O) groups is 1. The van der Waals surface area contributed by atoms with Crippen LogP contribution in [0.15, 0.2) is 12.2 Å². The second-order valence-electron chi connectivity index (χ2n) is 10.5. The van der Waals surface area contributed by atoms with Gasteiger partial charge in [-0.25, -0.2) is 0 Å². The number of aliphatic hydroxyl groups is 1. The molecule has 0 fully saturated rings. The van der Waals surface area contributed by atoms with E-state index in [1.807, 2.05) is 0 Å². The zero-order valence-corrected chi connectivity index (χ0v) is 26.4. The van der Waals surface area contributed by atoms with Gasteiger partial charge in [-0.1, -0.05) is 32.6 Å². The predicted octanol–water partition coefficient (Wildman–Crippen LogP) is 9.88. The van der Waals surface area contributed by atoms with Crippen LogP contribution in [0.5, 0.6) is 0 Å². The Balaban J connectivity index is 4.01. The van der Waals surface area contributed by atoms with Gasteiger partial charge in [-0.05, 0) is 6.42 Å². The number of allylic oxidation sites excluding steroid dienone is 1. The molecule has 0 unspecified atom stereocenters. The first-order valence-corrected chi connectivity index (χ1v) is 22.3. The fourth-order valence-electron chi connectivity index (χ4n) is 4.68. The molecule has 1 N–H and O–H groups in total. The van der Waals surface area contributed by atoms with Crippen LogP contribution < -0.4 is 0 Å². The van der Waals surface area contributed by atoms with Gasteiger partial charge in [-0.2, -0.15) is 0 Å². The summed E-state index contributed by atoms with van der Waals surface area (Å²) in [7, 11) is 0. The predicted molar refractivity (Wildman–Crippen MR) is 152 cm³/mol. The molecule has 0 amide bonds. The summed E-state index contributed by atoms with van der Waals surface area (Å²) in [5.41, 5.74) is 0. The first kappa shape index (κ1) is 34.0. The minimum atomic E-state index is -2.78. The van der Waals surface area contributed by atoms with E-state index in [1.54, 1.807) is 0 Å². The number of rotatable bonds is 25. The Bertz CT molecular complexity index is 456. The molecule has 0 aliphatic rings. The van der Waals surface area contributed by atoms with Crippen molar-refractivity contribution in [3.05, 3.63) is 12.2 Å². The van der Waals surface area contributed by atoms with Crippen molar-refractivity contribution in [2.24, 2.45) is 0 Å². The molecule has 0 bridgehead atoms.